The number of hydrogen-bond acceptors (Lipinski definition) is 4. The first-order chi connectivity index (χ1) is 13.3. The Labute approximate surface area is 164 Å². The smallest absolute Gasteiger partial charge is 0.223 e. The van der Waals surface area contributed by atoms with Crippen molar-refractivity contribution < 1.29 is 19.0 Å². The molecule has 0 radical (unpaired) electrons. The number of amides is 1. The molecule has 146 valence electrons. The van der Waals surface area contributed by atoms with Crippen LogP contribution in [-0.4, -0.2) is 36.3 Å². The molecule has 1 amide bonds. The molecule has 28 heavy (non-hydrogen) atoms. The van der Waals surface area contributed by atoms with E-state index in [4.69, 9.17) is 14.8 Å². The zero-order chi connectivity index (χ0) is 20.5. The van der Waals surface area contributed by atoms with Crippen molar-refractivity contribution in [3.05, 3.63) is 52.6 Å². The molecule has 0 spiro atoms. The second-order valence-corrected chi connectivity index (χ2v) is 7.45. The molecule has 0 bridgehead atoms. The third-order valence-electron chi connectivity index (χ3n) is 4.86. The van der Waals surface area contributed by atoms with Gasteiger partial charge in [-0.25, -0.2) is 9.37 Å². The number of carbonyl (C=O) groups excluding carboxylic acids is 1. The van der Waals surface area contributed by atoms with Gasteiger partial charge in [-0.2, -0.15) is 0 Å². The van der Waals surface area contributed by atoms with Crippen LogP contribution in [0.4, 0.5) is 10.1 Å². The van der Waals surface area contributed by atoms with Crippen molar-refractivity contribution in [1.29, 1.82) is 0 Å². The van der Waals surface area contributed by atoms with Crippen molar-refractivity contribution in [3.63, 3.8) is 0 Å². The van der Waals surface area contributed by atoms with Gasteiger partial charge in [0.2, 0.25) is 5.91 Å². The Balaban J connectivity index is 2.15. The Kier molecular flexibility index (Phi) is 5.39. The lowest BCUT2D eigenvalue weighted by Gasteiger charge is -2.18. The normalized spacial score (nSPS) is 14.3. The van der Waals surface area contributed by atoms with Crippen LogP contribution in [0, 0.1) is 17.7 Å². The van der Waals surface area contributed by atoms with Crippen molar-refractivity contribution >= 4 is 11.6 Å². The largest absolute Gasteiger partial charge is 0.496 e. The van der Waals surface area contributed by atoms with E-state index in [-0.39, 0.29) is 23.7 Å². The van der Waals surface area contributed by atoms with E-state index in [1.165, 1.54) is 26.2 Å². The summed E-state index contributed by atoms with van der Waals surface area (Å²) in [5.74, 6) is 5.58. The molecule has 1 aliphatic heterocycles. The Hall–Kier alpha value is -2.91. The van der Waals surface area contributed by atoms with Crippen molar-refractivity contribution in [3.8, 4) is 17.6 Å². The molecule has 2 heterocycles. The second kappa shape index (κ2) is 7.61. The fourth-order valence-electron chi connectivity index (χ4n) is 3.52. The zero-order valence-corrected chi connectivity index (χ0v) is 16.5. The summed E-state index contributed by atoms with van der Waals surface area (Å²) in [7, 11) is 1.49. The van der Waals surface area contributed by atoms with Crippen molar-refractivity contribution in [2.75, 3.05) is 25.2 Å². The van der Waals surface area contributed by atoms with Crippen LogP contribution in [0.15, 0.2) is 24.3 Å². The lowest BCUT2D eigenvalue weighted by atomic mass is 9.90. The molecule has 6 heteroatoms. The Bertz CT molecular complexity index is 989. The lowest BCUT2D eigenvalue weighted by molar-refractivity contribution is -0.116. The third-order valence-corrected chi connectivity index (χ3v) is 4.86. The number of aliphatic hydroxyl groups is 1. The van der Waals surface area contributed by atoms with E-state index in [0.717, 1.165) is 22.5 Å². The number of aromatic nitrogens is 1. The van der Waals surface area contributed by atoms with E-state index in [1.54, 1.807) is 11.0 Å². The van der Waals surface area contributed by atoms with Crippen LogP contribution in [0.25, 0.3) is 0 Å². The predicted molar refractivity (Wildman–Crippen MR) is 105 cm³/mol. The number of nitrogens with zero attached hydrogens (tertiary/aromatic N) is 2. The number of fused-ring (bicyclic) bond motifs is 1. The van der Waals surface area contributed by atoms with Crippen LogP contribution in [-0.2, 0) is 16.6 Å². The van der Waals surface area contributed by atoms with E-state index in [9.17, 15) is 9.18 Å². The minimum Gasteiger partial charge on any atom is -0.496 e. The first kappa shape index (κ1) is 19.8. The highest BCUT2D eigenvalue weighted by molar-refractivity contribution is 5.94. The van der Waals surface area contributed by atoms with Gasteiger partial charge in [0, 0.05) is 31.4 Å². The summed E-state index contributed by atoms with van der Waals surface area (Å²) < 4.78 is 18.8. The maximum Gasteiger partial charge on any atom is 0.223 e. The molecule has 1 aromatic heterocycles. The summed E-state index contributed by atoms with van der Waals surface area (Å²) in [5, 5.41) is 9.12. The molecule has 1 aliphatic rings. The summed E-state index contributed by atoms with van der Waals surface area (Å²) >= 11 is 0. The monoisotopic (exact) mass is 382 g/mol. The minimum absolute atomic E-state index is 0.0480. The maximum atomic E-state index is 13.5. The van der Waals surface area contributed by atoms with Gasteiger partial charge in [-0.3, -0.25) is 4.79 Å². The Morgan fingerprint density at radius 3 is 2.75 bits per heavy atom. The van der Waals surface area contributed by atoms with Crippen molar-refractivity contribution in [2.45, 2.75) is 32.6 Å². The SMILES string of the molecule is COc1cc(F)ccc1Cc1cc2c(nc1C#CCO)C(C)(C)CN2C(C)=O. The summed E-state index contributed by atoms with van der Waals surface area (Å²) in [6.45, 7) is 5.87. The highest BCUT2D eigenvalue weighted by atomic mass is 19.1. The number of carbonyl (C=O) groups is 1. The topological polar surface area (TPSA) is 62.7 Å². The Morgan fingerprint density at radius 2 is 2.11 bits per heavy atom. The molecule has 0 unspecified atom stereocenters. The minimum atomic E-state index is -0.377. The van der Waals surface area contributed by atoms with Crippen LogP contribution < -0.4 is 9.64 Å². The number of halogens is 1. The summed E-state index contributed by atoms with van der Waals surface area (Å²) in [5.41, 5.74) is 3.38. The van der Waals surface area contributed by atoms with Gasteiger partial charge in [-0.15, -0.1) is 0 Å². The number of methoxy groups -OCH3 is 1. The molecule has 0 aliphatic carbocycles. The molecule has 0 saturated heterocycles. The molecular weight excluding hydrogens is 359 g/mol. The van der Waals surface area contributed by atoms with Crippen molar-refractivity contribution in [1.82, 2.24) is 4.98 Å². The molecular formula is C22H23FN2O3. The van der Waals surface area contributed by atoms with E-state index in [1.807, 2.05) is 19.9 Å². The van der Waals surface area contributed by atoms with E-state index < -0.39 is 0 Å². The molecule has 0 fully saturated rings. The average Bonchev–Trinajstić information content (AvgIpc) is 2.91. The van der Waals surface area contributed by atoms with E-state index in [0.29, 0.717) is 24.4 Å². The molecule has 1 aromatic carbocycles. The fraction of sp³-hybridized carbons (Fsp3) is 0.364. The number of aliphatic hydroxyl groups excluding tert-OH is 1. The van der Waals surface area contributed by atoms with Crippen LogP contribution in [0.1, 0.15) is 43.3 Å². The van der Waals surface area contributed by atoms with E-state index >= 15 is 0 Å². The predicted octanol–water partition coefficient (Wildman–Crippen LogP) is 2.81. The molecule has 1 N–H and O–H groups in total. The summed E-state index contributed by atoms with van der Waals surface area (Å²) in [4.78, 5) is 18.6. The number of anilines is 1. The first-order valence-corrected chi connectivity index (χ1v) is 9.01. The van der Waals surface area contributed by atoms with Crippen LogP contribution in [0.5, 0.6) is 5.75 Å². The summed E-state index contributed by atoms with van der Waals surface area (Å²) in [6.07, 6.45) is 0.408. The fourth-order valence-corrected chi connectivity index (χ4v) is 3.52. The highest BCUT2D eigenvalue weighted by Crippen LogP contribution is 2.40. The van der Waals surface area contributed by atoms with Gasteiger partial charge in [0.25, 0.3) is 0 Å². The Morgan fingerprint density at radius 1 is 1.36 bits per heavy atom. The van der Waals surface area contributed by atoms with E-state index in [2.05, 4.69) is 11.8 Å². The first-order valence-electron chi connectivity index (χ1n) is 9.01. The molecule has 5 nitrogen and oxygen atoms in total. The second-order valence-electron chi connectivity index (χ2n) is 7.45. The van der Waals surface area contributed by atoms with Gasteiger partial charge in [0.05, 0.1) is 18.5 Å². The molecule has 3 rings (SSSR count). The number of pyridine rings is 1. The lowest BCUT2D eigenvalue weighted by Crippen LogP contribution is -2.32. The number of ether oxygens (including phenoxy) is 1. The van der Waals surface area contributed by atoms with Crippen LogP contribution in [0.3, 0.4) is 0 Å². The summed E-state index contributed by atoms with van der Waals surface area (Å²) in [6, 6.07) is 6.29. The van der Waals surface area contributed by atoms with Gasteiger partial charge in [-0.05, 0) is 29.2 Å². The van der Waals surface area contributed by atoms with Gasteiger partial charge >= 0.3 is 0 Å². The standard InChI is InChI=1S/C22H23FN2O3/c1-14(27)25-13-22(2,3)21-19(25)11-16(18(24-21)6-5-9-26)10-15-7-8-17(23)12-20(15)28-4/h7-8,11-12,26H,9-10,13H2,1-4H3. The number of hydrogen-bond donors (Lipinski definition) is 1. The third kappa shape index (κ3) is 3.71. The molecule has 0 saturated carbocycles. The number of benzene rings is 1. The van der Waals surface area contributed by atoms with Gasteiger partial charge < -0.3 is 14.7 Å². The zero-order valence-electron chi connectivity index (χ0n) is 16.5. The van der Waals surface area contributed by atoms with Gasteiger partial charge in [0.15, 0.2) is 0 Å². The molecule has 0 atom stereocenters. The number of rotatable bonds is 3. The average molecular weight is 382 g/mol. The highest BCUT2D eigenvalue weighted by Gasteiger charge is 2.39. The van der Waals surface area contributed by atoms with Crippen LogP contribution in [0.2, 0.25) is 0 Å². The van der Waals surface area contributed by atoms with Gasteiger partial charge in [-0.1, -0.05) is 25.8 Å². The van der Waals surface area contributed by atoms with Crippen LogP contribution >= 0.6 is 0 Å². The van der Waals surface area contributed by atoms with Gasteiger partial charge in [0.1, 0.15) is 23.9 Å². The quantitative estimate of drug-likeness (QED) is 0.830. The van der Waals surface area contributed by atoms with Crippen molar-refractivity contribution in [2.24, 2.45) is 0 Å². The molecule has 2 aromatic rings. The maximum absolute atomic E-state index is 13.5.